The van der Waals surface area contributed by atoms with Crippen LogP contribution in [-0.2, 0) is 24.2 Å². The largest absolute Gasteiger partial charge is 0.508 e. The number of aliphatic hydroxyl groups excluding tert-OH is 2. The molecule has 1 fully saturated rings. The van der Waals surface area contributed by atoms with Crippen LogP contribution in [0.3, 0.4) is 0 Å². The fraction of sp³-hybridized carbons (Fsp3) is 0.536. The number of nitrogens with zero attached hydrogens (tertiary/aromatic N) is 1. The molecule has 1 aliphatic carbocycles. The quantitative estimate of drug-likeness (QED) is 0.402. The third-order valence-electron chi connectivity index (χ3n) is 6.88. The van der Waals surface area contributed by atoms with Gasteiger partial charge in [0, 0.05) is 30.7 Å². The van der Waals surface area contributed by atoms with E-state index in [9.17, 15) is 20.1 Å². The van der Waals surface area contributed by atoms with Crippen LogP contribution in [-0.4, -0.2) is 51.3 Å². The molecular formula is C28H40N2O4. The zero-order valence-corrected chi connectivity index (χ0v) is 20.5. The van der Waals surface area contributed by atoms with Crippen LogP contribution in [0, 0.1) is 0 Å². The van der Waals surface area contributed by atoms with Crippen LogP contribution in [0.2, 0.25) is 0 Å². The lowest BCUT2D eigenvalue weighted by atomic mass is 9.93. The second-order valence-corrected chi connectivity index (χ2v) is 9.54. The van der Waals surface area contributed by atoms with Gasteiger partial charge in [-0.25, -0.2) is 0 Å². The molecule has 2 aromatic rings. The highest BCUT2D eigenvalue weighted by Crippen LogP contribution is 2.24. The topological polar surface area (TPSA) is 93.0 Å². The molecule has 0 aliphatic heterocycles. The number of benzene rings is 2. The Bertz CT molecular complexity index is 926. The Balaban J connectivity index is 1.52. The number of amides is 1. The molecule has 2 aromatic carbocycles. The molecule has 6 heteroatoms. The molecule has 1 aliphatic rings. The van der Waals surface area contributed by atoms with Gasteiger partial charge in [0.2, 0.25) is 5.91 Å². The molecule has 1 amide bonds. The van der Waals surface area contributed by atoms with Gasteiger partial charge in [-0.2, -0.15) is 0 Å². The number of hydrogen-bond donors (Lipinski definition) is 4. The normalized spacial score (nSPS) is 16.2. The molecule has 34 heavy (non-hydrogen) atoms. The van der Waals surface area contributed by atoms with Gasteiger partial charge < -0.3 is 25.5 Å². The van der Waals surface area contributed by atoms with Gasteiger partial charge in [-0.05, 0) is 61.9 Å². The zero-order chi connectivity index (χ0) is 24.5. The minimum atomic E-state index is -0.739. The van der Waals surface area contributed by atoms with E-state index in [2.05, 4.69) is 36.2 Å². The maximum atomic E-state index is 13.0. The number of aliphatic hydroxyl groups is 2. The first-order valence-corrected chi connectivity index (χ1v) is 12.6. The Kier molecular flexibility index (Phi) is 9.93. The highest BCUT2D eigenvalue weighted by molar-refractivity contribution is 5.79. The van der Waals surface area contributed by atoms with E-state index >= 15 is 0 Å². The average molecular weight is 469 g/mol. The van der Waals surface area contributed by atoms with Crippen molar-refractivity contribution in [3.05, 3.63) is 64.7 Å². The van der Waals surface area contributed by atoms with Gasteiger partial charge in [-0.3, -0.25) is 4.79 Å². The van der Waals surface area contributed by atoms with E-state index in [-0.39, 0.29) is 24.3 Å². The van der Waals surface area contributed by atoms with Crippen molar-refractivity contribution in [1.29, 1.82) is 0 Å². The lowest BCUT2D eigenvalue weighted by Gasteiger charge is -2.33. The number of hydrogen-bond acceptors (Lipinski definition) is 5. The van der Waals surface area contributed by atoms with Crippen molar-refractivity contribution < 1.29 is 20.1 Å². The monoisotopic (exact) mass is 468 g/mol. The molecule has 4 N–H and O–H groups in total. The van der Waals surface area contributed by atoms with E-state index in [4.69, 9.17) is 0 Å². The molecule has 186 valence electrons. The molecule has 0 saturated heterocycles. The molecule has 0 unspecified atom stereocenters. The molecule has 0 heterocycles. The second kappa shape index (κ2) is 12.9. The smallest absolute Gasteiger partial charge is 0.227 e. The molecule has 0 radical (unpaired) electrons. The fourth-order valence-electron chi connectivity index (χ4n) is 4.97. The molecule has 6 nitrogen and oxygen atoms in total. The Morgan fingerprint density at radius 1 is 1.12 bits per heavy atom. The SMILES string of the molecule is CCN(C(=O)Cc1cccc(C[C@@H](C)NC[C@@H](O)c2ccc(O)c(CO)c2)c1)C1CCCCC1. The van der Waals surface area contributed by atoms with E-state index in [1.165, 1.54) is 25.3 Å². The lowest BCUT2D eigenvalue weighted by Crippen LogP contribution is -2.42. The number of likely N-dealkylation sites (N-methyl/N-ethyl adjacent to an activating group) is 1. The third-order valence-corrected chi connectivity index (χ3v) is 6.88. The maximum Gasteiger partial charge on any atom is 0.227 e. The number of carbonyl (C=O) groups excluding carboxylic acids is 1. The van der Waals surface area contributed by atoms with Crippen molar-refractivity contribution in [2.24, 2.45) is 0 Å². The molecule has 0 bridgehead atoms. The van der Waals surface area contributed by atoms with Crippen molar-refractivity contribution in [3.63, 3.8) is 0 Å². The summed E-state index contributed by atoms with van der Waals surface area (Å²) in [6.07, 6.45) is 6.46. The van der Waals surface area contributed by atoms with Gasteiger partial charge in [0.1, 0.15) is 5.75 Å². The van der Waals surface area contributed by atoms with E-state index in [1.807, 2.05) is 12.1 Å². The number of aromatic hydroxyl groups is 1. The summed E-state index contributed by atoms with van der Waals surface area (Å²) in [5.41, 5.74) is 3.26. The van der Waals surface area contributed by atoms with Crippen molar-refractivity contribution in [2.75, 3.05) is 13.1 Å². The van der Waals surface area contributed by atoms with Gasteiger partial charge >= 0.3 is 0 Å². The lowest BCUT2D eigenvalue weighted by molar-refractivity contribution is -0.133. The van der Waals surface area contributed by atoms with Crippen LogP contribution in [0.4, 0.5) is 0 Å². The summed E-state index contributed by atoms with van der Waals surface area (Å²) < 4.78 is 0. The first kappa shape index (κ1) is 26.2. The summed E-state index contributed by atoms with van der Waals surface area (Å²) in [6.45, 7) is 5.01. The Morgan fingerprint density at radius 3 is 2.56 bits per heavy atom. The Labute approximate surface area is 203 Å². The molecular weight excluding hydrogens is 428 g/mol. The predicted molar refractivity (Wildman–Crippen MR) is 135 cm³/mol. The average Bonchev–Trinajstić information content (AvgIpc) is 2.84. The highest BCUT2D eigenvalue weighted by Gasteiger charge is 2.24. The first-order valence-electron chi connectivity index (χ1n) is 12.6. The third kappa shape index (κ3) is 7.29. The molecule has 0 spiro atoms. The van der Waals surface area contributed by atoms with Crippen LogP contribution >= 0.6 is 0 Å². The minimum Gasteiger partial charge on any atom is -0.508 e. The summed E-state index contributed by atoms with van der Waals surface area (Å²) >= 11 is 0. The Hall–Kier alpha value is -2.41. The van der Waals surface area contributed by atoms with E-state index < -0.39 is 6.10 Å². The summed E-state index contributed by atoms with van der Waals surface area (Å²) in [5, 5.41) is 32.9. The molecule has 2 atom stereocenters. The van der Waals surface area contributed by atoms with Gasteiger partial charge in [0.25, 0.3) is 0 Å². The van der Waals surface area contributed by atoms with Gasteiger partial charge in [-0.1, -0.05) is 49.6 Å². The second-order valence-electron chi connectivity index (χ2n) is 9.54. The number of nitrogens with one attached hydrogen (secondary N) is 1. The number of rotatable bonds is 11. The van der Waals surface area contributed by atoms with E-state index in [0.717, 1.165) is 36.9 Å². The summed E-state index contributed by atoms with van der Waals surface area (Å²) in [4.78, 5) is 15.1. The molecule has 1 saturated carbocycles. The standard InChI is InChI=1S/C28H40N2O4/c1-3-30(25-10-5-4-6-11-25)28(34)16-22-9-7-8-21(15-22)14-20(2)29-18-27(33)23-12-13-26(32)24(17-23)19-31/h7-9,12-13,15,17,20,25,27,29,31-33H,3-6,10-11,14,16,18-19H2,1-2H3/t20-,27-/m1/s1. The van der Waals surface area contributed by atoms with Crippen LogP contribution in [0.15, 0.2) is 42.5 Å². The van der Waals surface area contributed by atoms with Gasteiger partial charge in [0.05, 0.1) is 19.1 Å². The summed E-state index contributed by atoms with van der Waals surface area (Å²) in [5.74, 6) is 0.246. The van der Waals surface area contributed by atoms with Crippen molar-refractivity contribution in [3.8, 4) is 5.75 Å². The molecule has 3 rings (SSSR count). The van der Waals surface area contributed by atoms with E-state index in [0.29, 0.717) is 30.1 Å². The zero-order valence-electron chi connectivity index (χ0n) is 20.5. The van der Waals surface area contributed by atoms with Crippen LogP contribution in [0.5, 0.6) is 5.75 Å². The van der Waals surface area contributed by atoms with Crippen LogP contribution < -0.4 is 5.32 Å². The van der Waals surface area contributed by atoms with Crippen LogP contribution in [0.1, 0.15) is 74.3 Å². The Morgan fingerprint density at radius 2 is 1.85 bits per heavy atom. The maximum absolute atomic E-state index is 13.0. The van der Waals surface area contributed by atoms with E-state index in [1.54, 1.807) is 12.1 Å². The predicted octanol–water partition coefficient (Wildman–Crippen LogP) is 3.86. The van der Waals surface area contributed by atoms with Gasteiger partial charge in [0.15, 0.2) is 0 Å². The fourth-order valence-corrected chi connectivity index (χ4v) is 4.97. The van der Waals surface area contributed by atoms with Crippen molar-refractivity contribution in [1.82, 2.24) is 10.2 Å². The first-order chi connectivity index (χ1) is 16.4. The summed E-state index contributed by atoms with van der Waals surface area (Å²) in [7, 11) is 0. The van der Waals surface area contributed by atoms with Crippen molar-refractivity contribution >= 4 is 5.91 Å². The molecule has 0 aromatic heterocycles. The van der Waals surface area contributed by atoms with Crippen LogP contribution in [0.25, 0.3) is 0 Å². The summed E-state index contributed by atoms with van der Waals surface area (Å²) in [6, 6.07) is 13.6. The van der Waals surface area contributed by atoms with Gasteiger partial charge in [-0.15, -0.1) is 0 Å². The minimum absolute atomic E-state index is 0.0268. The highest BCUT2D eigenvalue weighted by atomic mass is 16.3. The number of carbonyl (C=O) groups is 1. The number of phenols is 1. The van der Waals surface area contributed by atoms with Crippen molar-refractivity contribution in [2.45, 2.75) is 83.6 Å².